The van der Waals surface area contributed by atoms with E-state index in [0.717, 1.165) is 6.07 Å². The largest absolute Gasteiger partial charge is 0.437 e. The molecule has 2 rings (SSSR count). The van der Waals surface area contributed by atoms with Gasteiger partial charge in [-0.1, -0.05) is 46.4 Å². The Morgan fingerprint density at radius 3 is 2.33 bits per heavy atom. The van der Waals surface area contributed by atoms with Crippen LogP contribution in [0.3, 0.4) is 0 Å². The summed E-state index contributed by atoms with van der Waals surface area (Å²) in [5.41, 5.74) is 0. The molecular weight excluding hydrogens is 323 g/mol. The SMILES string of the molecule is Fc1cc(Oc2nc(Cl)c(Cl)cc2Cl)ccc1Cl. The minimum atomic E-state index is -0.606. The van der Waals surface area contributed by atoms with E-state index in [1.165, 1.54) is 18.2 Å². The number of benzene rings is 1. The number of rotatable bonds is 2. The van der Waals surface area contributed by atoms with Gasteiger partial charge in [0.25, 0.3) is 0 Å². The molecule has 0 bridgehead atoms. The van der Waals surface area contributed by atoms with E-state index < -0.39 is 5.82 Å². The van der Waals surface area contributed by atoms with Crippen molar-refractivity contribution >= 4 is 46.4 Å². The molecule has 0 aliphatic rings. The molecule has 2 aromatic rings. The van der Waals surface area contributed by atoms with Crippen molar-refractivity contribution in [2.45, 2.75) is 0 Å². The summed E-state index contributed by atoms with van der Waals surface area (Å²) in [6.07, 6.45) is 0. The Morgan fingerprint density at radius 2 is 1.67 bits per heavy atom. The lowest BCUT2D eigenvalue weighted by molar-refractivity contribution is 0.458. The lowest BCUT2D eigenvalue weighted by atomic mass is 10.3. The monoisotopic (exact) mass is 325 g/mol. The van der Waals surface area contributed by atoms with Crippen molar-refractivity contribution in [2.75, 3.05) is 0 Å². The molecule has 0 radical (unpaired) electrons. The van der Waals surface area contributed by atoms with Crippen LogP contribution in [0.4, 0.5) is 4.39 Å². The molecular formula is C11H4Cl4FNO. The van der Waals surface area contributed by atoms with Crippen LogP contribution in [0.5, 0.6) is 11.6 Å². The van der Waals surface area contributed by atoms with Crippen molar-refractivity contribution in [3.63, 3.8) is 0 Å². The van der Waals surface area contributed by atoms with E-state index in [2.05, 4.69) is 4.98 Å². The average molecular weight is 327 g/mol. The van der Waals surface area contributed by atoms with Crippen LogP contribution in [0.25, 0.3) is 0 Å². The summed E-state index contributed by atoms with van der Waals surface area (Å²) in [5.74, 6) is -0.372. The van der Waals surface area contributed by atoms with E-state index in [1.54, 1.807) is 0 Å². The number of ether oxygens (including phenoxy) is 1. The van der Waals surface area contributed by atoms with Gasteiger partial charge >= 0.3 is 0 Å². The van der Waals surface area contributed by atoms with Crippen LogP contribution >= 0.6 is 46.4 Å². The Labute approximate surface area is 122 Å². The summed E-state index contributed by atoms with van der Waals surface area (Å²) < 4.78 is 18.5. The molecule has 0 saturated carbocycles. The van der Waals surface area contributed by atoms with E-state index in [-0.39, 0.29) is 31.9 Å². The summed E-state index contributed by atoms with van der Waals surface area (Å²) in [5, 5.41) is 0.414. The van der Waals surface area contributed by atoms with Crippen LogP contribution in [0.15, 0.2) is 24.3 Å². The van der Waals surface area contributed by atoms with Gasteiger partial charge in [0, 0.05) is 6.07 Å². The van der Waals surface area contributed by atoms with Crippen molar-refractivity contribution in [3.05, 3.63) is 50.3 Å². The maximum atomic E-state index is 13.2. The molecule has 1 heterocycles. The third-order valence-corrected chi connectivity index (χ3v) is 3.21. The third-order valence-electron chi connectivity index (χ3n) is 1.96. The highest BCUT2D eigenvalue weighted by Crippen LogP contribution is 2.33. The first-order valence-corrected chi connectivity index (χ1v) is 6.13. The highest BCUT2D eigenvalue weighted by Gasteiger charge is 2.11. The fraction of sp³-hybridized carbons (Fsp3) is 0. The van der Waals surface area contributed by atoms with Gasteiger partial charge in [0.1, 0.15) is 16.6 Å². The van der Waals surface area contributed by atoms with Gasteiger partial charge in [-0.15, -0.1) is 0 Å². The first-order valence-electron chi connectivity index (χ1n) is 4.62. The first-order chi connectivity index (χ1) is 8.47. The highest BCUT2D eigenvalue weighted by atomic mass is 35.5. The van der Waals surface area contributed by atoms with E-state index in [1.807, 2.05) is 0 Å². The maximum absolute atomic E-state index is 13.2. The molecule has 1 aromatic carbocycles. The molecule has 7 heteroatoms. The number of nitrogens with zero attached hydrogens (tertiary/aromatic N) is 1. The molecule has 2 nitrogen and oxygen atoms in total. The van der Waals surface area contributed by atoms with Crippen molar-refractivity contribution in [1.29, 1.82) is 0 Å². The van der Waals surface area contributed by atoms with E-state index >= 15 is 0 Å². The second kappa shape index (κ2) is 5.49. The summed E-state index contributed by atoms with van der Waals surface area (Å²) in [6.45, 7) is 0. The average Bonchev–Trinajstić information content (AvgIpc) is 2.31. The fourth-order valence-corrected chi connectivity index (χ4v) is 1.80. The summed E-state index contributed by atoms with van der Waals surface area (Å²) >= 11 is 22.9. The topological polar surface area (TPSA) is 22.1 Å². The van der Waals surface area contributed by atoms with Gasteiger partial charge in [0.2, 0.25) is 5.88 Å². The summed E-state index contributed by atoms with van der Waals surface area (Å²) in [6, 6.07) is 5.34. The zero-order valence-electron chi connectivity index (χ0n) is 8.55. The molecule has 0 N–H and O–H groups in total. The van der Waals surface area contributed by atoms with Crippen LogP contribution in [0.2, 0.25) is 20.2 Å². The number of halogens is 5. The van der Waals surface area contributed by atoms with Crippen molar-refractivity contribution in [1.82, 2.24) is 4.98 Å². The number of hydrogen-bond acceptors (Lipinski definition) is 2. The van der Waals surface area contributed by atoms with Gasteiger partial charge in [0.05, 0.1) is 10.0 Å². The lowest BCUT2D eigenvalue weighted by Crippen LogP contribution is -1.91. The Kier molecular flexibility index (Phi) is 4.17. The molecule has 0 atom stereocenters. The zero-order valence-corrected chi connectivity index (χ0v) is 11.6. The minimum Gasteiger partial charge on any atom is -0.437 e. The van der Waals surface area contributed by atoms with Gasteiger partial charge in [-0.2, -0.15) is 4.98 Å². The zero-order chi connectivity index (χ0) is 13.3. The standard InChI is InChI=1S/C11H4Cl4FNO/c12-6-2-1-5(3-9(6)16)18-11-8(14)4-7(13)10(15)17-11/h1-4H. The second-order valence-corrected chi connectivity index (χ2v) is 4.81. The highest BCUT2D eigenvalue weighted by molar-refractivity contribution is 6.42. The Bertz CT molecular complexity index is 606. The molecule has 0 aliphatic heterocycles. The lowest BCUT2D eigenvalue weighted by Gasteiger charge is -2.08. The molecule has 0 unspecified atom stereocenters. The van der Waals surface area contributed by atoms with Gasteiger partial charge < -0.3 is 4.74 Å². The molecule has 1 aromatic heterocycles. The smallest absolute Gasteiger partial charge is 0.239 e. The second-order valence-electron chi connectivity index (χ2n) is 3.23. The maximum Gasteiger partial charge on any atom is 0.239 e. The Morgan fingerprint density at radius 1 is 0.944 bits per heavy atom. The molecule has 0 saturated heterocycles. The molecule has 94 valence electrons. The van der Waals surface area contributed by atoms with Crippen LogP contribution in [-0.2, 0) is 0 Å². The molecule has 18 heavy (non-hydrogen) atoms. The number of hydrogen-bond donors (Lipinski definition) is 0. The normalized spacial score (nSPS) is 10.5. The Hall–Kier alpha value is -0.740. The fourth-order valence-electron chi connectivity index (χ4n) is 1.15. The van der Waals surface area contributed by atoms with Crippen LogP contribution in [0, 0.1) is 5.82 Å². The van der Waals surface area contributed by atoms with Crippen molar-refractivity contribution in [2.24, 2.45) is 0 Å². The van der Waals surface area contributed by atoms with Crippen LogP contribution in [0.1, 0.15) is 0 Å². The minimum absolute atomic E-state index is 0.00413. The van der Waals surface area contributed by atoms with E-state index in [9.17, 15) is 4.39 Å². The summed E-state index contributed by atoms with van der Waals surface area (Å²) in [4.78, 5) is 3.84. The van der Waals surface area contributed by atoms with Crippen LogP contribution in [-0.4, -0.2) is 4.98 Å². The predicted octanol–water partition coefficient (Wildman–Crippen LogP) is 5.63. The van der Waals surface area contributed by atoms with E-state index in [4.69, 9.17) is 51.1 Å². The molecule has 0 aliphatic carbocycles. The number of aromatic nitrogens is 1. The number of pyridine rings is 1. The van der Waals surface area contributed by atoms with E-state index in [0.29, 0.717) is 0 Å². The van der Waals surface area contributed by atoms with Gasteiger partial charge in [-0.3, -0.25) is 0 Å². The van der Waals surface area contributed by atoms with Crippen molar-refractivity contribution in [3.8, 4) is 11.6 Å². The van der Waals surface area contributed by atoms with Gasteiger partial charge in [0.15, 0.2) is 5.15 Å². The van der Waals surface area contributed by atoms with Crippen LogP contribution < -0.4 is 4.74 Å². The third kappa shape index (κ3) is 2.98. The summed E-state index contributed by atoms with van der Waals surface area (Å²) in [7, 11) is 0. The first kappa shape index (κ1) is 13.7. The molecule has 0 spiro atoms. The predicted molar refractivity (Wildman–Crippen MR) is 70.8 cm³/mol. The van der Waals surface area contributed by atoms with Gasteiger partial charge in [-0.05, 0) is 18.2 Å². The Balaban J connectivity index is 2.34. The molecule has 0 amide bonds. The molecule has 0 fully saturated rings. The van der Waals surface area contributed by atoms with Gasteiger partial charge in [-0.25, -0.2) is 4.39 Å². The van der Waals surface area contributed by atoms with Crippen molar-refractivity contribution < 1.29 is 9.13 Å². The quantitative estimate of drug-likeness (QED) is 0.667.